The van der Waals surface area contributed by atoms with Gasteiger partial charge < -0.3 is 30.6 Å². The summed E-state index contributed by atoms with van der Waals surface area (Å²) in [6, 6.07) is 29.0. The molecule has 0 amide bonds. The fourth-order valence-electron chi connectivity index (χ4n) is 20.9. The topological polar surface area (TPSA) is 121 Å². The van der Waals surface area contributed by atoms with Crippen molar-refractivity contribution < 1.29 is 43.8 Å². The Kier molecular flexibility index (Phi) is 27.5. The first kappa shape index (κ1) is 84.9. The molecule has 0 spiro atoms. The standard InChI is InChI=1S/C19H25FO.C19H26O.C16H23FO.C16H24O.C14H21FO.C14H22O/c1-11(2)15-6-16(18(21)17(20)7-15)19-8-12-3-13(9-19)5-14(4-12)10-19;1-12(2)16-3-4-18(20)17(8-16)19-9-13-5-14(10-19)7-15(6-13)11-19;1-11(2)12-9-13(15(18)14(17)10-12)16(3)7-5-4-6-8-16;1-12(2)13-7-8-15(17)14(11-13)16(3)9-5-4-6-10-16;1-6-14(4,5)11-7-10(9(2)3)8-12(15)13(11)16;1-6-14(4,5)12-9-11(10(2)3)7-8-13(12)15/h6-7,11-14,21H,3-5,8-10H2,1-2H3;3-4,8,12-15,20H,5-7,9-11H2,1-2H3;9-11,18H,4-8H2,1-3H3;7-8,11-12,17H,4-6,9-10H2,1-3H3;7-9,16H,6H2,1-5H3;7-10,15H,6H2,1-5H3. The maximum Gasteiger partial charge on any atom is 0.165 e. The van der Waals surface area contributed by atoms with E-state index in [4.69, 9.17) is 0 Å². The smallest absolute Gasteiger partial charge is 0.165 e. The summed E-state index contributed by atoms with van der Waals surface area (Å²) in [5.41, 5.74) is 13.3. The molecule has 16 rings (SSSR count). The molecule has 0 aliphatic heterocycles. The molecule has 10 fully saturated rings. The van der Waals surface area contributed by atoms with Crippen LogP contribution in [-0.2, 0) is 32.5 Å². The van der Waals surface area contributed by atoms with Crippen LogP contribution in [0, 0.1) is 53.0 Å². The van der Waals surface area contributed by atoms with Gasteiger partial charge in [-0.25, -0.2) is 13.2 Å². The summed E-state index contributed by atoms with van der Waals surface area (Å²) >= 11 is 0. The van der Waals surface area contributed by atoms with E-state index in [1.54, 1.807) is 0 Å². The average Bonchev–Trinajstić information content (AvgIpc) is 0.732. The highest BCUT2D eigenvalue weighted by Gasteiger charge is 2.54. The van der Waals surface area contributed by atoms with Crippen LogP contribution >= 0.6 is 0 Å². The lowest BCUT2D eigenvalue weighted by atomic mass is 9.48. The van der Waals surface area contributed by atoms with Gasteiger partial charge in [-0.1, -0.05) is 232 Å². The second-order valence-corrected chi connectivity index (χ2v) is 39.1. The largest absolute Gasteiger partial charge is 0.508 e. The second-order valence-electron chi connectivity index (χ2n) is 39.1. The quantitative estimate of drug-likeness (QED) is 0.0646. The van der Waals surface area contributed by atoms with E-state index in [9.17, 15) is 43.8 Å². The van der Waals surface area contributed by atoms with Gasteiger partial charge in [0.15, 0.2) is 34.7 Å². The first-order chi connectivity index (χ1) is 50.2. The van der Waals surface area contributed by atoms with Crippen LogP contribution in [0.25, 0.3) is 0 Å². The Morgan fingerprint density at radius 1 is 0.327 bits per heavy atom. The molecule has 0 heterocycles. The molecule has 10 saturated carbocycles. The Bertz CT molecular complexity index is 3870. The molecular weight excluding hydrogens is 1330 g/mol. The highest BCUT2D eigenvalue weighted by Crippen LogP contribution is 2.64. The third kappa shape index (κ3) is 19.6. The molecule has 10 aliphatic carbocycles. The minimum Gasteiger partial charge on any atom is -0.508 e. The Morgan fingerprint density at radius 3 is 0.972 bits per heavy atom. The molecule has 590 valence electrons. The van der Waals surface area contributed by atoms with Crippen molar-refractivity contribution in [1.29, 1.82) is 0 Å². The summed E-state index contributed by atoms with van der Waals surface area (Å²) in [5, 5.41) is 60.7. The minimum atomic E-state index is -0.511. The lowest BCUT2D eigenvalue weighted by Crippen LogP contribution is -2.48. The van der Waals surface area contributed by atoms with Crippen LogP contribution in [0.5, 0.6) is 34.5 Å². The van der Waals surface area contributed by atoms with E-state index in [1.165, 1.54) is 155 Å². The number of hydrogen-bond acceptors (Lipinski definition) is 6. The Balaban J connectivity index is 0.000000149. The molecule has 0 atom stereocenters. The van der Waals surface area contributed by atoms with Crippen LogP contribution < -0.4 is 0 Å². The monoisotopic (exact) mass is 1470 g/mol. The van der Waals surface area contributed by atoms with E-state index < -0.39 is 17.5 Å². The zero-order valence-corrected chi connectivity index (χ0v) is 69.9. The molecular formula is C98H141F3O6. The van der Waals surface area contributed by atoms with Gasteiger partial charge in [-0.2, -0.15) is 0 Å². The van der Waals surface area contributed by atoms with Crippen molar-refractivity contribution in [2.24, 2.45) is 35.5 Å². The van der Waals surface area contributed by atoms with Gasteiger partial charge in [0.05, 0.1) is 0 Å². The molecule has 6 aromatic rings. The summed E-state index contributed by atoms with van der Waals surface area (Å²) in [6.07, 6.45) is 29.9. The predicted molar refractivity (Wildman–Crippen MR) is 440 cm³/mol. The number of hydrogen-bond donors (Lipinski definition) is 6. The molecule has 6 nitrogen and oxygen atoms in total. The van der Waals surface area contributed by atoms with Gasteiger partial charge in [0.25, 0.3) is 0 Å². The number of phenolic OH excluding ortho intramolecular Hbond substituents is 6. The van der Waals surface area contributed by atoms with Crippen molar-refractivity contribution in [2.75, 3.05) is 0 Å². The van der Waals surface area contributed by atoms with Crippen molar-refractivity contribution in [3.63, 3.8) is 0 Å². The summed E-state index contributed by atoms with van der Waals surface area (Å²) in [7, 11) is 0. The van der Waals surface area contributed by atoms with Gasteiger partial charge >= 0.3 is 0 Å². The lowest BCUT2D eigenvalue weighted by molar-refractivity contribution is -0.00646. The van der Waals surface area contributed by atoms with Gasteiger partial charge in [0.1, 0.15) is 17.2 Å². The van der Waals surface area contributed by atoms with Crippen LogP contribution in [0.15, 0.2) is 91.0 Å². The van der Waals surface area contributed by atoms with Gasteiger partial charge in [-0.3, -0.25) is 0 Å². The number of aromatic hydroxyl groups is 6. The van der Waals surface area contributed by atoms with E-state index in [2.05, 4.69) is 140 Å². The maximum atomic E-state index is 14.2. The normalized spacial score (nSPS) is 24.4. The fraction of sp³-hybridized carbons (Fsp3) is 0.633. The fourth-order valence-corrected chi connectivity index (χ4v) is 20.9. The minimum absolute atomic E-state index is 0.0506. The molecule has 107 heavy (non-hydrogen) atoms. The highest BCUT2D eigenvalue weighted by molar-refractivity contribution is 5.49. The SMILES string of the molecule is CC(C)c1cc(F)c(O)c(C2(C)CCCCC2)c1.CC(C)c1cc(F)c(O)c(C23CC4CC(CC(C4)C2)C3)c1.CC(C)c1ccc(O)c(C2(C)CCCCC2)c1.CC(C)c1ccc(O)c(C23CC4CC(CC(C4)C2)C3)c1.CCC(C)(C)c1cc(C(C)C)cc(F)c1O.CCC(C)(C)c1cc(C(C)C)ccc1O. The molecule has 0 aromatic heterocycles. The number of benzene rings is 6. The third-order valence-electron chi connectivity index (χ3n) is 28.0. The van der Waals surface area contributed by atoms with Crippen molar-refractivity contribution >= 4 is 0 Å². The summed E-state index contributed by atoms with van der Waals surface area (Å²) < 4.78 is 41.7. The van der Waals surface area contributed by atoms with Gasteiger partial charge in [0.2, 0.25) is 0 Å². The Morgan fingerprint density at radius 2 is 0.598 bits per heavy atom. The van der Waals surface area contributed by atoms with E-state index in [-0.39, 0.29) is 56.2 Å². The number of halogens is 3. The van der Waals surface area contributed by atoms with E-state index in [0.29, 0.717) is 51.9 Å². The Labute approximate surface area is 646 Å². The molecule has 6 aromatic carbocycles. The summed E-state index contributed by atoms with van der Waals surface area (Å²) in [5.74, 6) is 7.31. The van der Waals surface area contributed by atoms with E-state index >= 15 is 0 Å². The van der Waals surface area contributed by atoms with Crippen molar-refractivity contribution in [1.82, 2.24) is 0 Å². The van der Waals surface area contributed by atoms with Crippen LogP contribution in [-0.4, -0.2) is 30.6 Å². The van der Waals surface area contributed by atoms with Gasteiger partial charge in [0, 0.05) is 27.8 Å². The predicted octanol–water partition coefficient (Wildman–Crippen LogP) is 28.3. The number of phenols is 6. The second kappa shape index (κ2) is 34.7. The molecule has 10 aliphatic rings. The Hall–Kier alpha value is -6.09. The average molecular weight is 1470 g/mol. The molecule has 0 unspecified atom stereocenters. The summed E-state index contributed by atoms with van der Waals surface area (Å²) in [6.45, 7) is 42.6. The first-order valence-electron chi connectivity index (χ1n) is 42.3. The lowest BCUT2D eigenvalue weighted by Gasteiger charge is -2.57. The van der Waals surface area contributed by atoms with Crippen LogP contribution in [0.2, 0.25) is 0 Å². The third-order valence-corrected chi connectivity index (χ3v) is 28.0. The van der Waals surface area contributed by atoms with Crippen molar-refractivity contribution in [2.45, 2.75) is 361 Å². The van der Waals surface area contributed by atoms with Crippen molar-refractivity contribution in [3.05, 3.63) is 175 Å². The van der Waals surface area contributed by atoms with Crippen molar-refractivity contribution in [3.8, 4) is 34.5 Å². The van der Waals surface area contributed by atoms with Crippen LogP contribution in [0.4, 0.5) is 13.2 Å². The molecule has 0 radical (unpaired) electrons. The van der Waals surface area contributed by atoms with Gasteiger partial charge in [-0.15, -0.1) is 0 Å². The zero-order valence-electron chi connectivity index (χ0n) is 69.9. The van der Waals surface area contributed by atoms with E-state index in [1.807, 2.05) is 71.0 Å². The molecule has 8 bridgehead atoms. The van der Waals surface area contributed by atoms with Crippen LogP contribution in [0.1, 0.15) is 395 Å². The first-order valence-corrected chi connectivity index (χ1v) is 42.3. The molecule has 9 heteroatoms. The highest BCUT2D eigenvalue weighted by atomic mass is 19.1. The van der Waals surface area contributed by atoms with Gasteiger partial charge in [-0.05, 0) is 294 Å². The number of rotatable bonds is 14. The van der Waals surface area contributed by atoms with Crippen LogP contribution in [0.3, 0.4) is 0 Å². The van der Waals surface area contributed by atoms with E-state index in [0.717, 1.165) is 114 Å². The maximum absolute atomic E-state index is 14.2. The summed E-state index contributed by atoms with van der Waals surface area (Å²) in [4.78, 5) is 0. The zero-order chi connectivity index (χ0) is 78.6. The molecule has 0 saturated heterocycles. The molecule has 6 N–H and O–H groups in total.